The van der Waals surface area contributed by atoms with E-state index in [4.69, 9.17) is 10.8 Å². The summed E-state index contributed by atoms with van der Waals surface area (Å²) in [7, 11) is 0. The Hall–Kier alpha value is 0.850. The predicted molar refractivity (Wildman–Crippen MR) is 41.8 cm³/mol. The first kappa shape index (κ1) is 10.8. The van der Waals surface area contributed by atoms with Crippen LogP contribution >= 0.6 is 18.6 Å². The van der Waals surface area contributed by atoms with Crippen molar-refractivity contribution in [2.45, 2.75) is 19.1 Å². The molecule has 0 spiro atoms. The Balaban J connectivity index is 3.85. The number of hydrogen-bond donors (Lipinski definition) is 3. The zero-order valence-electron chi connectivity index (χ0n) is 5.34. The van der Waals surface area contributed by atoms with Gasteiger partial charge in [-0.3, -0.25) is 0 Å². The van der Waals surface area contributed by atoms with Crippen LogP contribution in [0.2, 0.25) is 0 Å². The van der Waals surface area contributed by atoms with Gasteiger partial charge in [-0.15, -0.1) is 0 Å². The van der Waals surface area contributed by atoms with Crippen molar-refractivity contribution >= 4 is 24.5 Å². The molecule has 4 N–H and O–H groups in total. The number of amides is 1. The van der Waals surface area contributed by atoms with Crippen LogP contribution in [-0.2, 0) is 4.79 Å². The molecule has 0 unspecified atom stereocenters. The molecule has 1 amide bonds. The van der Waals surface area contributed by atoms with Crippen LogP contribution in [-0.4, -0.2) is 23.2 Å². The Morgan fingerprint density at radius 1 is 1.90 bits per heavy atom. The molecule has 0 radical (unpaired) electrons. The second-order valence-corrected chi connectivity index (χ2v) is 5.57. The van der Waals surface area contributed by atoms with Crippen LogP contribution in [0, 0.1) is 0 Å². The van der Waals surface area contributed by atoms with Gasteiger partial charge < -0.3 is 0 Å². The molecule has 0 aliphatic heterocycles. The third-order valence-electron chi connectivity index (χ3n) is 0.948. The first-order chi connectivity index (χ1) is 4.59. The molecule has 0 aromatic carbocycles. The second-order valence-electron chi connectivity index (χ2n) is 1.80. The summed E-state index contributed by atoms with van der Waals surface area (Å²) in [4.78, 5) is 10.5. The van der Waals surface area contributed by atoms with E-state index in [-0.39, 0.29) is 17.5 Å². The van der Waals surface area contributed by atoms with E-state index in [1.54, 1.807) is 6.92 Å². The summed E-state index contributed by atoms with van der Waals surface area (Å²) in [5.41, 5.74) is 4.98. The van der Waals surface area contributed by atoms with Gasteiger partial charge in [-0.2, -0.15) is 0 Å². The first-order valence-corrected chi connectivity index (χ1v) is 9.94. The molecule has 62 valence electrons. The number of aliphatic hydroxyl groups is 1. The molecule has 0 aliphatic rings. The molecule has 0 bridgehead atoms. The molecule has 0 aromatic rings. The van der Waals surface area contributed by atoms with Crippen LogP contribution in [0.1, 0.15) is 6.92 Å². The summed E-state index contributed by atoms with van der Waals surface area (Å²) in [5.74, 6) is -0.494. The van der Waals surface area contributed by atoms with Crippen molar-refractivity contribution in [2.24, 2.45) is 5.73 Å². The topological polar surface area (TPSA) is 75.3 Å². The van der Waals surface area contributed by atoms with E-state index in [1.807, 2.05) is 0 Å². The van der Waals surface area contributed by atoms with E-state index in [0.717, 1.165) is 0 Å². The number of carbonyl (C=O) groups excluding carboxylic acids is 1. The van der Waals surface area contributed by atoms with Gasteiger partial charge in [0.25, 0.3) is 0 Å². The fraction of sp³-hybridized carbons (Fsp3) is 0.750. The SMILES string of the molecule is C[C@@H](O)[C@H](N[I-]I)C(N)=O. The van der Waals surface area contributed by atoms with E-state index in [0.29, 0.717) is 0 Å². The second kappa shape index (κ2) is 5.49. The van der Waals surface area contributed by atoms with Crippen LogP contribution in [0.4, 0.5) is 0 Å². The van der Waals surface area contributed by atoms with Crippen LogP contribution in [0.5, 0.6) is 0 Å². The van der Waals surface area contributed by atoms with Crippen molar-refractivity contribution in [2.75, 3.05) is 0 Å². The number of hydrogen-bond acceptors (Lipinski definition) is 3. The Morgan fingerprint density at radius 3 is 2.50 bits per heavy atom. The Bertz CT molecular complexity index is 120. The number of carbonyl (C=O) groups is 1. The maximum atomic E-state index is 10.5. The van der Waals surface area contributed by atoms with Crippen molar-refractivity contribution in [3.8, 4) is 0 Å². The molecule has 6 heteroatoms. The summed E-state index contributed by atoms with van der Waals surface area (Å²) in [6.07, 6.45) is -0.702. The first-order valence-electron chi connectivity index (χ1n) is 2.57. The minimum absolute atomic E-state index is 0.241. The van der Waals surface area contributed by atoms with Gasteiger partial charge in [0.1, 0.15) is 0 Å². The molecule has 0 saturated heterocycles. The molecule has 10 heavy (non-hydrogen) atoms. The Morgan fingerprint density at radius 2 is 2.40 bits per heavy atom. The third kappa shape index (κ3) is 3.88. The summed E-state index contributed by atoms with van der Waals surface area (Å²) >= 11 is 1.91. The molecule has 0 saturated carbocycles. The van der Waals surface area contributed by atoms with Crippen LogP contribution in [0.15, 0.2) is 0 Å². The number of primary amides is 1. The quantitative estimate of drug-likeness (QED) is 0.350. The van der Waals surface area contributed by atoms with E-state index in [1.165, 1.54) is 0 Å². The van der Waals surface area contributed by atoms with E-state index < -0.39 is 18.1 Å². The average Bonchev–Trinajstić information content (AvgIpc) is 1.81. The summed E-state index contributed by atoms with van der Waals surface area (Å²) in [6.45, 7) is 1.54. The summed E-state index contributed by atoms with van der Waals surface area (Å²) in [5, 5.41) is 8.96. The van der Waals surface area contributed by atoms with Gasteiger partial charge in [-0.25, -0.2) is 0 Å². The van der Waals surface area contributed by atoms with Gasteiger partial charge >= 0.3 is 80.3 Å². The monoisotopic (exact) mass is 371 g/mol. The van der Waals surface area contributed by atoms with Crippen LogP contribution in [0.3, 0.4) is 0 Å². The van der Waals surface area contributed by atoms with Crippen molar-refractivity contribution in [1.29, 1.82) is 0 Å². The molecule has 0 aliphatic carbocycles. The number of halogens is 2. The molecular weight excluding hydrogens is 362 g/mol. The van der Waals surface area contributed by atoms with Crippen molar-refractivity contribution in [1.82, 2.24) is 3.53 Å². The normalized spacial score (nSPS) is 16.7. The molecule has 0 heterocycles. The van der Waals surface area contributed by atoms with Gasteiger partial charge in [0, 0.05) is 0 Å². The van der Waals surface area contributed by atoms with Gasteiger partial charge in [-0.05, 0) is 0 Å². The number of nitrogens with one attached hydrogen (secondary N) is 1. The van der Waals surface area contributed by atoms with E-state index in [2.05, 4.69) is 22.1 Å². The molecular formula is C4H9I2N2O2-. The zero-order chi connectivity index (χ0) is 8.15. The molecule has 0 rings (SSSR count). The fourth-order valence-corrected chi connectivity index (χ4v) is 3.21. The van der Waals surface area contributed by atoms with E-state index in [9.17, 15) is 4.79 Å². The van der Waals surface area contributed by atoms with Gasteiger partial charge in [0.15, 0.2) is 0 Å². The average molecular weight is 371 g/mol. The molecule has 0 aromatic heterocycles. The van der Waals surface area contributed by atoms with Crippen LogP contribution in [0.25, 0.3) is 0 Å². The maximum absolute atomic E-state index is 10.5. The molecule has 4 nitrogen and oxygen atoms in total. The minimum atomic E-state index is -0.702. The molecule has 0 fully saturated rings. The summed E-state index contributed by atoms with van der Waals surface area (Å²) in [6, 6.07) is -0.579. The van der Waals surface area contributed by atoms with E-state index >= 15 is 0 Å². The zero-order valence-corrected chi connectivity index (χ0v) is 9.66. The Labute approximate surface area is 79.7 Å². The Kier molecular flexibility index (Phi) is 5.96. The number of rotatable bonds is 4. The van der Waals surface area contributed by atoms with Gasteiger partial charge in [0.05, 0.1) is 0 Å². The fourth-order valence-electron chi connectivity index (χ4n) is 0.427. The number of nitrogens with two attached hydrogens (primary N) is 1. The summed E-state index contributed by atoms with van der Waals surface area (Å²) < 4.78 is 2.85. The van der Waals surface area contributed by atoms with Crippen molar-refractivity contribution < 1.29 is 27.4 Å². The van der Waals surface area contributed by atoms with Crippen molar-refractivity contribution in [3.63, 3.8) is 0 Å². The van der Waals surface area contributed by atoms with Crippen LogP contribution < -0.4 is 26.8 Å². The standard InChI is InChI=1S/C4H9I2N2O2/c1-2(9)3(4(7)10)8-6-5/h2-3,8-9H,1H3,(H2,7,10)/q-1/t2-,3+/m1/s1. The predicted octanol–water partition coefficient (Wildman–Crippen LogP) is -3.84. The third-order valence-corrected chi connectivity index (χ3v) is 3.43. The number of aliphatic hydroxyl groups excluding tert-OH is 1. The van der Waals surface area contributed by atoms with Crippen molar-refractivity contribution in [3.05, 3.63) is 0 Å². The van der Waals surface area contributed by atoms with Gasteiger partial charge in [0.2, 0.25) is 0 Å². The van der Waals surface area contributed by atoms with Gasteiger partial charge in [-0.1, -0.05) is 0 Å². The molecule has 2 atom stereocenters.